The molecule has 6 heteroatoms. The van der Waals surface area contributed by atoms with Gasteiger partial charge in [-0.05, 0) is 38.5 Å². The van der Waals surface area contributed by atoms with Gasteiger partial charge in [-0.3, -0.25) is 9.59 Å². The predicted molar refractivity (Wildman–Crippen MR) is 94.6 cm³/mol. The van der Waals surface area contributed by atoms with Gasteiger partial charge in [-0.25, -0.2) is 8.78 Å². The first-order valence-corrected chi connectivity index (χ1v) is 9.92. The zero-order valence-corrected chi connectivity index (χ0v) is 15.9. The van der Waals surface area contributed by atoms with Crippen LogP contribution in [0.4, 0.5) is 8.78 Å². The number of carbonyl (C=O) groups is 2. The average Bonchev–Trinajstić information content (AvgIpc) is 3.00. The molecule has 4 rings (SSSR count). The Morgan fingerprint density at radius 3 is 2.48 bits per heavy atom. The monoisotopic (exact) mass is 376 g/mol. The molecule has 0 aromatic rings. The quantitative estimate of drug-likeness (QED) is 0.701. The molecule has 27 heavy (non-hydrogen) atoms. The van der Waals surface area contributed by atoms with Gasteiger partial charge in [-0.1, -0.05) is 19.9 Å². The molecule has 0 radical (unpaired) electrons. The van der Waals surface area contributed by atoms with Gasteiger partial charge in [0, 0.05) is 41.7 Å². The average molecular weight is 376 g/mol. The summed E-state index contributed by atoms with van der Waals surface area (Å²) >= 11 is 0. The summed E-state index contributed by atoms with van der Waals surface area (Å²) in [6, 6.07) is 2.02. The van der Waals surface area contributed by atoms with Crippen LogP contribution in [0.15, 0.2) is 11.6 Å². The predicted octanol–water partition coefficient (Wildman–Crippen LogP) is 3.73. The van der Waals surface area contributed by atoms with E-state index in [9.17, 15) is 23.6 Å². The molecule has 1 amide bonds. The lowest BCUT2D eigenvalue weighted by atomic mass is 9.64. The van der Waals surface area contributed by atoms with Crippen molar-refractivity contribution in [2.24, 2.45) is 28.6 Å². The summed E-state index contributed by atoms with van der Waals surface area (Å²) in [5.41, 5.74) is -0.781. The number of likely N-dealkylation sites (tertiary alicyclic amines) is 1. The molecular formula is C21H26F2N2O2. The van der Waals surface area contributed by atoms with Crippen molar-refractivity contribution in [3.05, 3.63) is 11.6 Å². The summed E-state index contributed by atoms with van der Waals surface area (Å²) in [4.78, 5) is 27.2. The molecule has 1 heterocycles. The smallest absolute Gasteiger partial charge is 0.253 e. The van der Waals surface area contributed by atoms with E-state index >= 15 is 0 Å². The normalized spacial score (nSPS) is 39.4. The molecular weight excluding hydrogens is 350 g/mol. The van der Waals surface area contributed by atoms with Gasteiger partial charge >= 0.3 is 0 Å². The molecule has 1 aliphatic heterocycles. The van der Waals surface area contributed by atoms with Gasteiger partial charge in [-0.2, -0.15) is 5.26 Å². The van der Waals surface area contributed by atoms with E-state index in [0.717, 1.165) is 6.42 Å². The van der Waals surface area contributed by atoms with Crippen molar-refractivity contribution in [1.29, 1.82) is 5.26 Å². The van der Waals surface area contributed by atoms with Crippen molar-refractivity contribution in [3.63, 3.8) is 0 Å². The highest BCUT2D eigenvalue weighted by Gasteiger charge is 2.58. The van der Waals surface area contributed by atoms with Crippen LogP contribution in [-0.2, 0) is 9.59 Å². The van der Waals surface area contributed by atoms with Crippen LogP contribution in [0.1, 0.15) is 52.4 Å². The third-order valence-electron chi connectivity index (χ3n) is 7.36. The minimum Gasteiger partial charge on any atom is -0.342 e. The minimum atomic E-state index is -2.61. The molecule has 0 N–H and O–H groups in total. The van der Waals surface area contributed by atoms with Crippen molar-refractivity contribution >= 4 is 11.7 Å². The zero-order valence-electron chi connectivity index (χ0n) is 15.9. The number of hydrogen-bond donors (Lipinski definition) is 0. The van der Waals surface area contributed by atoms with Crippen LogP contribution in [0, 0.1) is 39.9 Å². The Morgan fingerprint density at radius 2 is 1.89 bits per heavy atom. The standard InChI is InChI=1S/C21H26F2N2O2/c1-19(2)11-20(9-14(10-24)17(19)26)5-6-25(12-20)18(27)13-7-15-3-4-16(8-13)21(15,22)23/h9,13,15-16H,3-8,11-12H2,1-2H3/t13?,15?,16?,20-/m1/s1. The lowest BCUT2D eigenvalue weighted by Crippen LogP contribution is -2.45. The molecule has 3 atom stereocenters. The van der Waals surface area contributed by atoms with Crippen LogP contribution in [0.2, 0.25) is 0 Å². The number of alkyl halides is 2. The molecule has 2 saturated carbocycles. The SMILES string of the molecule is CC1(C)C[C@]2(C=C(C#N)C1=O)CCN(C(=O)C1CC3CCC(C1)C3(F)F)C2. The zero-order chi connectivity index (χ0) is 19.6. The summed E-state index contributed by atoms with van der Waals surface area (Å²) < 4.78 is 28.3. The van der Waals surface area contributed by atoms with Crippen LogP contribution >= 0.6 is 0 Å². The number of fused-ring (bicyclic) bond motifs is 2. The number of amides is 1. The molecule has 2 unspecified atom stereocenters. The molecule has 0 aromatic carbocycles. The van der Waals surface area contributed by atoms with E-state index in [4.69, 9.17) is 0 Å². The first-order chi connectivity index (χ1) is 12.6. The van der Waals surface area contributed by atoms with E-state index < -0.39 is 23.2 Å². The van der Waals surface area contributed by atoms with Crippen LogP contribution in [0.3, 0.4) is 0 Å². The topological polar surface area (TPSA) is 61.2 Å². The van der Waals surface area contributed by atoms with Crippen molar-refractivity contribution in [2.75, 3.05) is 13.1 Å². The Bertz CT molecular complexity index is 751. The number of Topliss-reactive ketones (excluding diaryl/α,β-unsaturated/α-hetero) is 1. The first kappa shape index (κ1) is 18.6. The van der Waals surface area contributed by atoms with Crippen molar-refractivity contribution < 1.29 is 18.4 Å². The molecule has 3 aliphatic carbocycles. The number of halogens is 2. The number of nitrogens with zero attached hydrogens (tertiary/aromatic N) is 2. The highest BCUT2D eigenvalue weighted by Crippen LogP contribution is 2.55. The van der Waals surface area contributed by atoms with E-state index in [2.05, 4.69) is 0 Å². The van der Waals surface area contributed by atoms with Gasteiger partial charge in [0.15, 0.2) is 5.78 Å². The molecule has 146 valence electrons. The van der Waals surface area contributed by atoms with Crippen LogP contribution in [0.25, 0.3) is 0 Å². The highest BCUT2D eigenvalue weighted by molar-refractivity contribution is 6.03. The number of ketones is 1. The van der Waals surface area contributed by atoms with Crippen LogP contribution in [-0.4, -0.2) is 35.6 Å². The van der Waals surface area contributed by atoms with Crippen molar-refractivity contribution in [1.82, 2.24) is 4.90 Å². The van der Waals surface area contributed by atoms with E-state index in [1.807, 2.05) is 19.9 Å². The summed E-state index contributed by atoms with van der Waals surface area (Å²) in [5, 5.41) is 9.34. The number of allylic oxidation sites excluding steroid dienone is 1. The fourth-order valence-corrected chi connectivity index (χ4v) is 6.09. The maximum atomic E-state index is 14.2. The Kier molecular flexibility index (Phi) is 4.04. The maximum Gasteiger partial charge on any atom is 0.253 e. The van der Waals surface area contributed by atoms with E-state index in [0.29, 0.717) is 32.4 Å². The molecule has 4 nitrogen and oxygen atoms in total. The van der Waals surface area contributed by atoms with Gasteiger partial charge in [0.25, 0.3) is 5.92 Å². The number of hydrogen-bond acceptors (Lipinski definition) is 3. The fourth-order valence-electron chi connectivity index (χ4n) is 6.09. The van der Waals surface area contributed by atoms with E-state index in [-0.39, 0.29) is 41.4 Å². The number of rotatable bonds is 1. The molecule has 1 spiro atoms. The molecule has 4 aliphatic rings. The number of nitriles is 1. The van der Waals surface area contributed by atoms with Crippen LogP contribution < -0.4 is 0 Å². The largest absolute Gasteiger partial charge is 0.342 e. The van der Waals surface area contributed by atoms with Crippen LogP contribution in [0.5, 0.6) is 0 Å². The second-order valence-electron chi connectivity index (χ2n) is 9.75. The fraction of sp³-hybridized carbons (Fsp3) is 0.762. The van der Waals surface area contributed by atoms with Gasteiger partial charge in [0.05, 0.1) is 5.57 Å². The highest BCUT2D eigenvalue weighted by atomic mass is 19.3. The van der Waals surface area contributed by atoms with Gasteiger partial charge < -0.3 is 4.90 Å². The Labute approximate surface area is 158 Å². The third kappa shape index (κ3) is 2.81. The maximum absolute atomic E-state index is 14.2. The molecule has 2 bridgehead atoms. The number of carbonyl (C=O) groups excluding carboxylic acids is 2. The summed E-state index contributed by atoms with van der Waals surface area (Å²) in [5.74, 6) is -4.38. The second kappa shape index (κ2) is 5.86. The summed E-state index contributed by atoms with van der Waals surface area (Å²) in [6.07, 6.45) is 4.72. The summed E-state index contributed by atoms with van der Waals surface area (Å²) in [7, 11) is 0. The second-order valence-corrected chi connectivity index (χ2v) is 9.75. The third-order valence-corrected chi connectivity index (χ3v) is 7.36. The lowest BCUT2D eigenvalue weighted by Gasteiger charge is -2.39. The van der Waals surface area contributed by atoms with Crippen molar-refractivity contribution in [2.45, 2.75) is 58.3 Å². The first-order valence-electron chi connectivity index (χ1n) is 9.92. The lowest BCUT2D eigenvalue weighted by molar-refractivity contribution is -0.147. The Morgan fingerprint density at radius 1 is 1.26 bits per heavy atom. The van der Waals surface area contributed by atoms with Gasteiger partial charge in [0.1, 0.15) is 6.07 Å². The van der Waals surface area contributed by atoms with Gasteiger partial charge in [-0.15, -0.1) is 0 Å². The Hall–Kier alpha value is -1.77. The van der Waals surface area contributed by atoms with Crippen molar-refractivity contribution in [3.8, 4) is 6.07 Å². The van der Waals surface area contributed by atoms with E-state index in [1.165, 1.54) is 0 Å². The summed E-state index contributed by atoms with van der Waals surface area (Å²) in [6.45, 7) is 4.76. The Balaban J connectivity index is 1.50. The molecule has 3 fully saturated rings. The van der Waals surface area contributed by atoms with Gasteiger partial charge in [0.2, 0.25) is 5.91 Å². The minimum absolute atomic E-state index is 0.0131. The molecule has 1 saturated heterocycles. The van der Waals surface area contributed by atoms with E-state index in [1.54, 1.807) is 11.0 Å². The molecule has 0 aromatic heterocycles.